The van der Waals surface area contributed by atoms with Gasteiger partial charge in [0.2, 0.25) is 0 Å². The van der Waals surface area contributed by atoms with Gasteiger partial charge >= 0.3 is 0 Å². The van der Waals surface area contributed by atoms with Gasteiger partial charge in [-0.2, -0.15) is 0 Å². The highest BCUT2D eigenvalue weighted by molar-refractivity contribution is 9.10. The maximum absolute atomic E-state index is 13.8. The van der Waals surface area contributed by atoms with E-state index in [1.807, 2.05) is 12.1 Å². The zero-order valence-corrected chi connectivity index (χ0v) is 13.1. The molecule has 0 radical (unpaired) electrons. The lowest BCUT2D eigenvalue weighted by atomic mass is 10.0. The van der Waals surface area contributed by atoms with Gasteiger partial charge in [0.15, 0.2) is 0 Å². The molecule has 0 aromatic heterocycles. The highest BCUT2D eigenvalue weighted by Gasteiger charge is 2.19. The summed E-state index contributed by atoms with van der Waals surface area (Å²) < 4.78 is 32.9. The van der Waals surface area contributed by atoms with Gasteiger partial charge in [0.25, 0.3) is 0 Å². The van der Waals surface area contributed by atoms with Crippen molar-refractivity contribution in [2.45, 2.75) is 4.83 Å². The molecule has 19 heavy (non-hydrogen) atoms. The molecule has 2 aromatic rings. The zero-order valence-electron chi connectivity index (χ0n) is 9.96. The van der Waals surface area contributed by atoms with E-state index in [4.69, 9.17) is 4.74 Å². The van der Waals surface area contributed by atoms with Crippen LogP contribution in [0, 0.1) is 11.6 Å². The molecule has 2 rings (SSSR count). The van der Waals surface area contributed by atoms with E-state index in [9.17, 15) is 8.78 Å². The number of hydrogen-bond donors (Lipinski definition) is 0. The van der Waals surface area contributed by atoms with E-state index in [-0.39, 0.29) is 0 Å². The van der Waals surface area contributed by atoms with Crippen molar-refractivity contribution in [1.82, 2.24) is 0 Å². The van der Waals surface area contributed by atoms with Crippen LogP contribution in [0.15, 0.2) is 40.9 Å². The van der Waals surface area contributed by atoms with Crippen molar-refractivity contribution in [3.63, 3.8) is 0 Å². The summed E-state index contributed by atoms with van der Waals surface area (Å²) >= 11 is 6.78. The van der Waals surface area contributed by atoms with Gasteiger partial charge in [-0.05, 0) is 18.2 Å². The molecule has 0 aliphatic heterocycles. The van der Waals surface area contributed by atoms with E-state index in [0.29, 0.717) is 11.3 Å². The van der Waals surface area contributed by atoms with Crippen molar-refractivity contribution in [2.75, 3.05) is 7.11 Å². The summed E-state index contributed by atoms with van der Waals surface area (Å²) in [6, 6.07) is 8.99. The molecule has 0 heterocycles. The maximum atomic E-state index is 13.8. The molecule has 0 aliphatic rings. The zero-order chi connectivity index (χ0) is 14.0. The van der Waals surface area contributed by atoms with Crippen molar-refractivity contribution < 1.29 is 13.5 Å². The van der Waals surface area contributed by atoms with Crippen molar-refractivity contribution in [3.05, 3.63) is 63.6 Å². The molecule has 0 fully saturated rings. The highest BCUT2D eigenvalue weighted by atomic mass is 79.9. The topological polar surface area (TPSA) is 9.23 Å². The Morgan fingerprint density at radius 1 is 1.05 bits per heavy atom. The lowest BCUT2D eigenvalue weighted by molar-refractivity contribution is 0.410. The Morgan fingerprint density at radius 3 is 2.37 bits per heavy atom. The molecule has 1 atom stereocenters. The van der Waals surface area contributed by atoms with E-state index < -0.39 is 16.5 Å². The van der Waals surface area contributed by atoms with Gasteiger partial charge in [0, 0.05) is 21.7 Å². The fourth-order valence-corrected chi connectivity index (χ4v) is 2.86. The van der Waals surface area contributed by atoms with Crippen molar-refractivity contribution in [2.24, 2.45) is 0 Å². The van der Waals surface area contributed by atoms with Gasteiger partial charge in [0.1, 0.15) is 17.4 Å². The predicted molar refractivity (Wildman–Crippen MR) is 77.8 cm³/mol. The maximum Gasteiger partial charge on any atom is 0.130 e. The summed E-state index contributed by atoms with van der Waals surface area (Å²) in [5.74, 6) is -0.560. The number of hydrogen-bond acceptors (Lipinski definition) is 1. The molecular formula is C14H10Br2F2O. The average molecular weight is 392 g/mol. The van der Waals surface area contributed by atoms with Gasteiger partial charge in [0.05, 0.1) is 11.9 Å². The largest absolute Gasteiger partial charge is 0.496 e. The van der Waals surface area contributed by atoms with Crippen LogP contribution in [0.3, 0.4) is 0 Å². The molecule has 100 valence electrons. The van der Waals surface area contributed by atoms with Crippen molar-refractivity contribution in [1.29, 1.82) is 0 Å². The van der Waals surface area contributed by atoms with E-state index in [0.717, 1.165) is 16.1 Å². The minimum atomic E-state index is -0.594. The van der Waals surface area contributed by atoms with E-state index in [1.54, 1.807) is 13.2 Å². The number of methoxy groups -OCH3 is 1. The van der Waals surface area contributed by atoms with E-state index in [1.165, 1.54) is 12.1 Å². The SMILES string of the molecule is COc1cc(Br)ccc1C(Br)c1ccc(F)cc1F. The fourth-order valence-electron chi connectivity index (χ4n) is 1.77. The third kappa shape index (κ3) is 3.15. The Balaban J connectivity index is 2.46. The van der Waals surface area contributed by atoms with Crippen LogP contribution in [0.25, 0.3) is 0 Å². The first-order valence-corrected chi connectivity index (χ1v) is 7.16. The van der Waals surface area contributed by atoms with E-state index in [2.05, 4.69) is 31.9 Å². The lowest BCUT2D eigenvalue weighted by Crippen LogP contribution is -2.00. The Morgan fingerprint density at radius 2 is 1.74 bits per heavy atom. The number of alkyl halides is 1. The van der Waals surface area contributed by atoms with Gasteiger partial charge in [-0.3, -0.25) is 0 Å². The first-order chi connectivity index (χ1) is 9.02. The van der Waals surface area contributed by atoms with Crippen LogP contribution >= 0.6 is 31.9 Å². The van der Waals surface area contributed by atoms with Crippen LogP contribution in [0.4, 0.5) is 8.78 Å². The number of ether oxygens (including phenoxy) is 1. The second kappa shape index (κ2) is 6.01. The quantitative estimate of drug-likeness (QED) is 0.651. The second-order valence-electron chi connectivity index (χ2n) is 3.91. The van der Waals surface area contributed by atoms with Crippen LogP contribution in [0.5, 0.6) is 5.75 Å². The fraction of sp³-hybridized carbons (Fsp3) is 0.143. The molecule has 1 unspecified atom stereocenters. The lowest BCUT2D eigenvalue weighted by Gasteiger charge is -2.15. The minimum absolute atomic E-state index is 0.363. The standard InChI is InChI=1S/C14H10Br2F2O/c1-19-13-6-8(15)2-4-11(13)14(16)10-5-3-9(17)7-12(10)18/h2-7,14H,1H3. The molecule has 0 N–H and O–H groups in total. The summed E-state index contributed by atoms with van der Waals surface area (Å²) in [5.41, 5.74) is 1.14. The molecule has 1 nitrogen and oxygen atoms in total. The predicted octanol–water partition coefficient (Wildman–Crippen LogP) is 5.22. The highest BCUT2D eigenvalue weighted by Crippen LogP contribution is 2.38. The van der Waals surface area contributed by atoms with Crippen LogP contribution in [0.1, 0.15) is 16.0 Å². The van der Waals surface area contributed by atoms with Crippen LogP contribution in [-0.4, -0.2) is 7.11 Å². The molecule has 0 amide bonds. The van der Waals surface area contributed by atoms with Crippen LogP contribution in [-0.2, 0) is 0 Å². The molecule has 2 aromatic carbocycles. The van der Waals surface area contributed by atoms with Crippen LogP contribution in [0.2, 0.25) is 0 Å². The smallest absolute Gasteiger partial charge is 0.130 e. The van der Waals surface area contributed by atoms with Gasteiger partial charge in [-0.1, -0.05) is 44.0 Å². The Kier molecular flexibility index (Phi) is 4.58. The monoisotopic (exact) mass is 390 g/mol. The van der Waals surface area contributed by atoms with Gasteiger partial charge in [-0.25, -0.2) is 8.78 Å². The summed E-state index contributed by atoms with van der Waals surface area (Å²) in [6.45, 7) is 0. The van der Waals surface area contributed by atoms with Crippen molar-refractivity contribution >= 4 is 31.9 Å². The third-order valence-electron chi connectivity index (χ3n) is 2.70. The number of halogens is 4. The van der Waals surface area contributed by atoms with Crippen LogP contribution < -0.4 is 4.74 Å². The Labute approximate surface area is 126 Å². The Bertz CT molecular complexity index is 602. The third-order valence-corrected chi connectivity index (χ3v) is 4.18. The Hall–Kier alpha value is -0.940. The normalized spacial score (nSPS) is 12.3. The molecule has 5 heteroatoms. The molecule has 0 aliphatic carbocycles. The molecule has 0 bridgehead atoms. The molecular weight excluding hydrogens is 382 g/mol. The van der Waals surface area contributed by atoms with Gasteiger partial charge in [-0.15, -0.1) is 0 Å². The average Bonchev–Trinajstić information content (AvgIpc) is 2.37. The molecule has 0 saturated heterocycles. The number of benzene rings is 2. The minimum Gasteiger partial charge on any atom is -0.496 e. The molecule has 0 spiro atoms. The molecule has 0 saturated carbocycles. The summed E-state index contributed by atoms with van der Waals surface area (Å²) in [6.07, 6.45) is 0. The van der Waals surface area contributed by atoms with Gasteiger partial charge < -0.3 is 4.74 Å². The van der Waals surface area contributed by atoms with Crippen molar-refractivity contribution in [3.8, 4) is 5.75 Å². The first-order valence-electron chi connectivity index (χ1n) is 5.45. The summed E-state index contributed by atoms with van der Waals surface area (Å²) in [7, 11) is 1.55. The summed E-state index contributed by atoms with van der Waals surface area (Å²) in [5, 5.41) is 0. The second-order valence-corrected chi connectivity index (χ2v) is 5.75. The van der Waals surface area contributed by atoms with E-state index >= 15 is 0 Å². The number of rotatable bonds is 3. The summed E-state index contributed by atoms with van der Waals surface area (Å²) in [4.78, 5) is -0.406. The first kappa shape index (κ1) is 14.5.